The first-order chi connectivity index (χ1) is 18.6. The van der Waals surface area contributed by atoms with Crippen molar-refractivity contribution >= 4 is 34.2 Å². The number of nitrogens with one attached hydrogen (secondary N) is 1. The molecule has 3 aromatic carbocycles. The number of hydrogen-bond donors (Lipinski definition) is 4. The number of aromatic amines is 1. The largest absolute Gasteiger partial charge is 0.494 e. The van der Waals surface area contributed by atoms with Gasteiger partial charge in [-0.05, 0) is 55.9 Å². The quantitative estimate of drug-likeness (QED) is 0.283. The third-order valence-corrected chi connectivity index (χ3v) is 7.25. The Hall–Kier alpha value is -4.47. The van der Waals surface area contributed by atoms with Gasteiger partial charge in [0.15, 0.2) is 5.88 Å². The smallest absolute Gasteiger partial charge is 0.336 e. The summed E-state index contributed by atoms with van der Waals surface area (Å²) < 4.78 is 0. The molecular weight excluding hydrogens is 496 g/mol. The fourth-order valence-corrected chi connectivity index (χ4v) is 5.17. The Balaban J connectivity index is 1.54. The standard InChI is InChI=1S/C30H30N4O5/c1-17-13-22-23(14-21(17)30(38)39)32-28(36)26(22)27(18-7-5-4-6-8-18)31-20-11-9-19(10-12-20)29(37)34(3)24-15-33(2)16-25(24)35/h4-14,24-25,32,35-36H,15-16H2,1-3H3,(H,38,39)/t24-,25-/m0/s1. The maximum Gasteiger partial charge on any atom is 0.336 e. The first kappa shape index (κ1) is 26.1. The molecule has 2 atom stereocenters. The van der Waals surface area contributed by atoms with Gasteiger partial charge in [0, 0.05) is 42.2 Å². The highest BCUT2D eigenvalue weighted by molar-refractivity contribution is 6.22. The molecule has 9 heteroatoms. The number of aliphatic hydroxyl groups is 1. The van der Waals surface area contributed by atoms with Crippen molar-refractivity contribution in [2.75, 3.05) is 27.2 Å². The molecular formula is C30H30N4O5. The summed E-state index contributed by atoms with van der Waals surface area (Å²) in [5.74, 6) is -1.35. The molecule has 39 heavy (non-hydrogen) atoms. The lowest BCUT2D eigenvalue weighted by Crippen LogP contribution is -2.44. The minimum atomic E-state index is -1.04. The van der Waals surface area contributed by atoms with E-state index in [1.165, 1.54) is 6.07 Å². The molecule has 1 amide bonds. The molecule has 1 aliphatic heterocycles. The average molecular weight is 527 g/mol. The summed E-state index contributed by atoms with van der Waals surface area (Å²) in [4.78, 5) is 36.1. The van der Waals surface area contributed by atoms with Crippen molar-refractivity contribution in [3.05, 3.63) is 94.5 Å². The highest BCUT2D eigenvalue weighted by Gasteiger charge is 2.34. The topological polar surface area (TPSA) is 129 Å². The van der Waals surface area contributed by atoms with Crippen molar-refractivity contribution < 1.29 is 24.9 Å². The highest BCUT2D eigenvalue weighted by Crippen LogP contribution is 2.33. The van der Waals surface area contributed by atoms with Gasteiger partial charge in [-0.15, -0.1) is 0 Å². The molecule has 0 unspecified atom stereocenters. The zero-order valence-electron chi connectivity index (χ0n) is 21.9. The van der Waals surface area contributed by atoms with Crippen LogP contribution in [0.5, 0.6) is 5.88 Å². The fraction of sp³-hybridized carbons (Fsp3) is 0.233. The van der Waals surface area contributed by atoms with Crippen molar-refractivity contribution in [1.82, 2.24) is 14.8 Å². The van der Waals surface area contributed by atoms with Crippen molar-refractivity contribution in [3.8, 4) is 5.88 Å². The fourth-order valence-electron chi connectivity index (χ4n) is 5.17. The van der Waals surface area contributed by atoms with Crippen molar-refractivity contribution in [2.45, 2.75) is 19.1 Å². The molecule has 0 bridgehead atoms. The zero-order valence-corrected chi connectivity index (χ0v) is 21.9. The Morgan fingerprint density at radius 1 is 1.03 bits per heavy atom. The summed E-state index contributed by atoms with van der Waals surface area (Å²) in [5.41, 5.74) is 3.95. The van der Waals surface area contributed by atoms with Gasteiger partial charge in [-0.2, -0.15) is 0 Å². The number of amides is 1. The van der Waals surface area contributed by atoms with Gasteiger partial charge in [0.05, 0.1) is 34.7 Å². The average Bonchev–Trinajstić information content (AvgIpc) is 3.43. The van der Waals surface area contributed by atoms with Crippen LogP contribution in [0.25, 0.3) is 10.9 Å². The number of likely N-dealkylation sites (tertiary alicyclic amines) is 1. The van der Waals surface area contributed by atoms with E-state index in [4.69, 9.17) is 4.99 Å². The molecule has 200 valence electrons. The van der Waals surface area contributed by atoms with E-state index in [1.807, 2.05) is 42.3 Å². The number of likely N-dealkylation sites (N-methyl/N-ethyl adjacent to an activating group) is 2. The number of aromatic hydroxyl groups is 1. The first-order valence-electron chi connectivity index (χ1n) is 12.6. The number of aryl methyl sites for hydroxylation is 1. The lowest BCUT2D eigenvalue weighted by atomic mass is 9.98. The minimum Gasteiger partial charge on any atom is -0.494 e. The van der Waals surface area contributed by atoms with Crippen LogP contribution in [0.2, 0.25) is 0 Å². The van der Waals surface area contributed by atoms with E-state index in [9.17, 15) is 24.9 Å². The van der Waals surface area contributed by atoms with Crippen LogP contribution in [0.15, 0.2) is 71.7 Å². The van der Waals surface area contributed by atoms with Gasteiger partial charge in [0.2, 0.25) is 0 Å². The third kappa shape index (κ3) is 5.01. The summed E-state index contributed by atoms with van der Waals surface area (Å²) in [5, 5.41) is 31.4. The predicted octanol–water partition coefficient (Wildman–Crippen LogP) is 3.80. The Bertz CT molecular complexity index is 1580. The summed E-state index contributed by atoms with van der Waals surface area (Å²) in [7, 11) is 3.61. The van der Waals surface area contributed by atoms with Crippen molar-refractivity contribution in [3.63, 3.8) is 0 Å². The first-order valence-corrected chi connectivity index (χ1v) is 12.6. The Morgan fingerprint density at radius 2 is 1.72 bits per heavy atom. The molecule has 0 spiro atoms. The number of carboxylic acids is 1. The molecule has 5 rings (SSSR count). The number of carbonyl (C=O) groups is 2. The number of fused-ring (bicyclic) bond motifs is 1. The van der Waals surface area contributed by atoms with Crippen LogP contribution in [0.3, 0.4) is 0 Å². The second-order valence-electron chi connectivity index (χ2n) is 10.0. The summed E-state index contributed by atoms with van der Waals surface area (Å²) in [6, 6.07) is 19.2. The highest BCUT2D eigenvalue weighted by atomic mass is 16.4. The van der Waals surface area contributed by atoms with Gasteiger partial charge >= 0.3 is 5.97 Å². The second kappa shape index (κ2) is 10.4. The van der Waals surface area contributed by atoms with Crippen LogP contribution in [-0.2, 0) is 0 Å². The van der Waals surface area contributed by atoms with E-state index in [0.717, 1.165) is 5.56 Å². The van der Waals surface area contributed by atoms with Crippen LogP contribution in [0.1, 0.15) is 37.4 Å². The zero-order chi connectivity index (χ0) is 27.8. The van der Waals surface area contributed by atoms with E-state index < -0.39 is 12.1 Å². The minimum absolute atomic E-state index is 0.122. The predicted molar refractivity (Wildman–Crippen MR) is 149 cm³/mol. The van der Waals surface area contributed by atoms with Gasteiger partial charge in [-0.25, -0.2) is 9.79 Å². The summed E-state index contributed by atoms with van der Waals surface area (Å²) in [6.07, 6.45) is -0.597. The molecule has 4 aromatic rings. The molecule has 1 fully saturated rings. The van der Waals surface area contributed by atoms with Crippen molar-refractivity contribution in [2.24, 2.45) is 4.99 Å². The number of aliphatic hydroxyl groups excluding tert-OH is 1. The number of β-amino-alcohol motifs (C(OH)–C–C–N with tert-alkyl or cyclic N) is 1. The second-order valence-corrected chi connectivity index (χ2v) is 10.0. The lowest BCUT2D eigenvalue weighted by Gasteiger charge is -2.26. The number of aliphatic imine (C=N–C) groups is 1. The van der Waals surface area contributed by atoms with Gasteiger partial charge in [0.1, 0.15) is 0 Å². The van der Waals surface area contributed by atoms with Gasteiger partial charge in [0.25, 0.3) is 5.91 Å². The number of rotatable bonds is 6. The van der Waals surface area contributed by atoms with E-state index >= 15 is 0 Å². The van der Waals surface area contributed by atoms with E-state index in [0.29, 0.717) is 52.1 Å². The number of aromatic nitrogens is 1. The number of benzene rings is 3. The van der Waals surface area contributed by atoms with Crippen LogP contribution >= 0.6 is 0 Å². The lowest BCUT2D eigenvalue weighted by molar-refractivity contribution is 0.0581. The number of H-pyrrole nitrogens is 1. The summed E-state index contributed by atoms with van der Waals surface area (Å²) >= 11 is 0. The number of carbonyl (C=O) groups excluding carboxylic acids is 1. The number of aromatic carboxylic acids is 1. The van der Waals surface area contributed by atoms with Crippen LogP contribution in [0.4, 0.5) is 5.69 Å². The molecule has 9 nitrogen and oxygen atoms in total. The van der Waals surface area contributed by atoms with Gasteiger partial charge < -0.3 is 30.1 Å². The van der Waals surface area contributed by atoms with Crippen molar-refractivity contribution in [1.29, 1.82) is 0 Å². The SMILES string of the molecule is Cc1cc2c(C(=Nc3ccc(C(=O)N(C)[C@H]4CN(C)C[C@@H]4O)cc3)c3ccccc3)c(O)[nH]c2cc1C(=O)O. The molecule has 0 saturated carbocycles. The van der Waals surface area contributed by atoms with Crippen LogP contribution < -0.4 is 0 Å². The molecule has 0 radical (unpaired) electrons. The Labute approximate surface area is 225 Å². The third-order valence-electron chi connectivity index (χ3n) is 7.25. The molecule has 1 aromatic heterocycles. The van der Waals surface area contributed by atoms with Crippen LogP contribution in [0, 0.1) is 6.92 Å². The van der Waals surface area contributed by atoms with Gasteiger partial charge in [-0.1, -0.05) is 30.3 Å². The number of hydrogen-bond acceptors (Lipinski definition) is 6. The van der Waals surface area contributed by atoms with E-state index in [2.05, 4.69) is 4.98 Å². The van der Waals surface area contributed by atoms with E-state index in [1.54, 1.807) is 49.2 Å². The Morgan fingerprint density at radius 3 is 2.33 bits per heavy atom. The normalized spacial score (nSPS) is 18.0. The monoisotopic (exact) mass is 526 g/mol. The molecule has 2 heterocycles. The van der Waals surface area contributed by atoms with E-state index in [-0.39, 0.29) is 23.4 Å². The number of carboxylic acid groups (broad SMARTS) is 1. The molecule has 0 aliphatic carbocycles. The molecule has 1 saturated heterocycles. The molecule has 4 N–H and O–H groups in total. The van der Waals surface area contributed by atoms with Gasteiger partial charge in [-0.3, -0.25) is 4.79 Å². The Kier molecular flexibility index (Phi) is 6.94. The number of nitrogens with zero attached hydrogens (tertiary/aromatic N) is 3. The maximum absolute atomic E-state index is 13.1. The summed E-state index contributed by atoms with van der Waals surface area (Å²) in [6.45, 7) is 2.84. The van der Waals surface area contributed by atoms with Crippen LogP contribution in [-0.4, -0.2) is 87.0 Å². The molecule has 1 aliphatic rings. The maximum atomic E-state index is 13.1.